The van der Waals surface area contributed by atoms with Crippen LogP contribution in [0.3, 0.4) is 0 Å². The zero-order valence-electron chi connectivity index (χ0n) is 9.56. The summed E-state index contributed by atoms with van der Waals surface area (Å²) >= 11 is 3.53. The number of thiol groups is 1. The van der Waals surface area contributed by atoms with Crippen LogP contribution in [0.25, 0.3) is 0 Å². The summed E-state index contributed by atoms with van der Waals surface area (Å²) in [7, 11) is 0. The van der Waals surface area contributed by atoms with E-state index in [0.29, 0.717) is 6.04 Å². The highest BCUT2D eigenvalue weighted by Crippen LogP contribution is 2.06. The van der Waals surface area contributed by atoms with Crippen LogP contribution in [0.5, 0.6) is 0 Å². The van der Waals surface area contributed by atoms with Gasteiger partial charge in [-0.25, -0.2) is 4.79 Å². The van der Waals surface area contributed by atoms with E-state index in [1.54, 1.807) is 0 Å². The van der Waals surface area contributed by atoms with Crippen molar-refractivity contribution in [3.8, 4) is 0 Å². The summed E-state index contributed by atoms with van der Waals surface area (Å²) in [6.45, 7) is 5.35. The standard InChI is InChI=1S/C12H17NO2S/c1-9(2)13-7-10-3-5-11(6-4-10)8-15-12(14)16/h3-6,9,13H,7-8H2,1-2H3,(H,14,16). The lowest BCUT2D eigenvalue weighted by molar-refractivity contribution is 0.169. The lowest BCUT2D eigenvalue weighted by Crippen LogP contribution is -2.21. The highest BCUT2D eigenvalue weighted by atomic mass is 32.1. The molecule has 0 fully saturated rings. The van der Waals surface area contributed by atoms with E-state index in [0.717, 1.165) is 12.1 Å². The molecule has 0 radical (unpaired) electrons. The minimum atomic E-state index is -0.550. The molecule has 1 aromatic rings. The fourth-order valence-electron chi connectivity index (χ4n) is 1.22. The smallest absolute Gasteiger partial charge is 0.364 e. The molecule has 0 aliphatic rings. The van der Waals surface area contributed by atoms with Crippen molar-refractivity contribution in [2.75, 3.05) is 0 Å². The maximum absolute atomic E-state index is 10.5. The van der Waals surface area contributed by atoms with Crippen LogP contribution in [0.4, 0.5) is 4.79 Å². The third-order valence-electron chi connectivity index (χ3n) is 2.10. The summed E-state index contributed by atoms with van der Waals surface area (Å²) in [5, 5.41) is 2.78. The Hall–Kier alpha value is -1.00. The number of rotatable bonds is 5. The Morgan fingerprint density at radius 1 is 1.31 bits per heavy atom. The van der Waals surface area contributed by atoms with Crippen molar-refractivity contribution in [3.63, 3.8) is 0 Å². The molecule has 0 aliphatic heterocycles. The Balaban J connectivity index is 2.44. The largest absolute Gasteiger partial charge is 0.453 e. The van der Waals surface area contributed by atoms with Crippen molar-refractivity contribution < 1.29 is 9.53 Å². The lowest BCUT2D eigenvalue weighted by atomic mass is 10.1. The van der Waals surface area contributed by atoms with Gasteiger partial charge in [0, 0.05) is 12.6 Å². The lowest BCUT2D eigenvalue weighted by Gasteiger charge is -2.08. The van der Waals surface area contributed by atoms with Gasteiger partial charge in [-0.15, -0.1) is 0 Å². The Morgan fingerprint density at radius 3 is 2.38 bits per heavy atom. The molecule has 0 aromatic heterocycles. The van der Waals surface area contributed by atoms with Crippen molar-refractivity contribution in [1.82, 2.24) is 5.32 Å². The van der Waals surface area contributed by atoms with E-state index in [1.807, 2.05) is 24.3 Å². The first-order valence-electron chi connectivity index (χ1n) is 5.25. The number of carbonyl (C=O) groups is 1. The number of carbonyl (C=O) groups excluding carboxylic acids is 1. The van der Waals surface area contributed by atoms with E-state index in [4.69, 9.17) is 4.74 Å². The van der Waals surface area contributed by atoms with Crippen LogP contribution in [0.15, 0.2) is 24.3 Å². The van der Waals surface area contributed by atoms with Gasteiger partial charge >= 0.3 is 5.30 Å². The molecule has 4 heteroatoms. The molecule has 0 aliphatic carbocycles. The minimum absolute atomic E-state index is 0.278. The second-order valence-electron chi connectivity index (χ2n) is 3.91. The molecule has 0 saturated carbocycles. The van der Waals surface area contributed by atoms with Gasteiger partial charge in [-0.2, -0.15) is 0 Å². The van der Waals surface area contributed by atoms with Gasteiger partial charge in [0.1, 0.15) is 6.61 Å². The van der Waals surface area contributed by atoms with Gasteiger partial charge in [0.15, 0.2) is 0 Å². The van der Waals surface area contributed by atoms with E-state index in [9.17, 15) is 4.79 Å². The Morgan fingerprint density at radius 2 is 1.88 bits per heavy atom. The summed E-state index contributed by atoms with van der Waals surface area (Å²) in [5.41, 5.74) is 2.19. The molecular formula is C12H17NO2S. The van der Waals surface area contributed by atoms with Gasteiger partial charge < -0.3 is 10.1 Å². The van der Waals surface area contributed by atoms with E-state index in [-0.39, 0.29) is 6.61 Å². The second kappa shape index (κ2) is 6.55. The minimum Gasteiger partial charge on any atom is -0.453 e. The van der Waals surface area contributed by atoms with Gasteiger partial charge in [0.25, 0.3) is 0 Å². The number of ether oxygens (including phenoxy) is 1. The second-order valence-corrected chi connectivity index (χ2v) is 4.27. The average Bonchev–Trinajstić information content (AvgIpc) is 2.25. The highest BCUT2D eigenvalue weighted by molar-refractivity contribution is 7.96. The number of nitrogens with one attached hydrogen (secondary N) is 1. The van der Waals surface area contributed by atoms with Crippen molar-refractivity contribution in [1.29, 1.82) is 0 Å². The Bertz CT molecular complexity index is 335. The molecule has 3 nitrogen and oxygen atoms in total. The van der Waals surface area contributed by atoms with Gasteiger partial charge in [0.2, 0.25) is 0 Å². The summed E-state index contributed by atoms with van der Waals surface area (Å²) in [6.07, 6.45) is 0. The van der Waals surface area contributed by atoms with E-state index in [1.165, 1.54) is 5.56 Å². The van der Waals surface area contributed by atoms with Crippen molar-refractivity contribution in [2.45, 2.75) is 33.0 Å². The number of hydrogen-bond acceptors (Lipinski definition) is 3. The molecule has 0 amide bonds. The summed E-state index contributed by atoms with van der Waals surface area (Å²) in [4.78, 5) is 10.5. The molecule has 0 spiro atoms. The third-order valence-corrected chi connectivity index (χ3v) is 2.23. The summed E-state index contributed by atoms with van der Waals surface area (Å²) < 4.78 is 4.78. The molecule has 1 N–H and O–H groups in total. The Labute approximate surface area is 102 Å². The van der Waals surface area contributed by atoms with Crippen LogP contribution in [-0.2, 0) is 17.9 Å². The molecule has 0 saturated heterocycles. The molecule has 1 aromatic carbocycles. The molecule has 88 valence electrons. The first-order valence-corrected chi connectivity index (χ1v) is 5.69. The van der Waals surface area contributed by atoms with Crippen LogP contribution in [0.2, 0.25) is 0 Å². The van der Waals surface area contributed by atoms with Crippen molar-refractivity contribution in [2.24, 2.45) is 0 Å². The molecule has 0 unspecified atom stereocenters. The van der Waals surface area contributed by atoms with Gasteiger partial charge in [0.05, 0.1) is 0 Å². The van der Waals surface area contributed by atoms with E-state index < -0.39 is 5.30 Å². The molecule has 16 heavy (non-hydrogen) atoms. The van der Waals surface area contributed by atoms with Crippen molar-refractivity contribution in [3.05, 3.63) is 35.4 Å². The van der Waals surface area contributed by atoms with Crippen LogP contribution < -0.4 is 5.32 Å². The molecule has 0 bridgehead atoms. The molecule has 1 rings (SSSR count). The monoisotopic (exact) mass is 239 g/mol. The number of benzene rings is 1. The topological polar surface area (TPSA) is 38.3 Å². The molecule has 0 heterocycles. The quantitative estimate of drug-likeness (QED) is 0.613. The van der Waals surface area contributed by atoms with Crippen LogP contribution in [-0.4, -0.2) is 11.3 Å². The maximum Gasteiger partial charge on any atom is 0.364 e. The summed E-state index contributed by atoms with van der Waals surface area (Å²) in [6, 6.07) is 8.43. The predicted octanol–water partition coefficient (Wildman–Crippen LogP) is 2.75. The maximum atomic E-state index is 10.5. The molecule has 0 atom stereocenters. The first-order chi connectivity index (χ1) is 7.58. The van der Waals surface area contributed by atoms with Crippen molar-refractivity contribution >= 4 is 17.9 Å². The zero-order chi connectivity index (χ0) is 12.0. The first kappa shape index (κ1) is 13.1. The predicted molar refractivity (Wildman–Crippen MR) is 67.6 cm³/mol. The fourth-order valence-corrected chi connectivity index (χ4v) is 1.28. The SMILES string of the molecule is CC(C)NCc1ccc(COC(=O)S)cc1. The normalized spacial score (nSPS) is 10.5. The van der Waals surface area contributed by atoms with Crippen LogP contribution in [0, 0.1) is 0 Å². The number of hydrogen-bond donors (Lipinski definition) is 2. The van der Waals surface area contributed by atoms with E-state index >= 15 is 0 Å². The zero-order valence-corrected chi connectivity index (χ0v) is 10.5. The van der Waals surface area contributed by atoms with Gasteiger partial charge in [-0.1, -0.05) is 50.7 Å². The van der Waals surface area contributed by atoms with E-state index in [2.05, 4.69) is 31.8 Å². The fraction of sp³-hybridized carbons (Fsp3) is 0.417. The average molecular weight is 239 g/mol. The third kappa shape index (κ3) is 5.19. The Kier molecular flexibility index (Phi) is 5.35. The van der Waals surface area contributed by atoms with Gasteiger partial charge in [-0.3, -0.25) is 0 Å². The van der Waals surface area contributed by atoms with Crippen LogP contribution in [0.1, 0.15) is 25.0 Å². The summed E-state index contributed by atoms with van der Waals surface area (Å²) in [5.74, 6) is 0. The van der Waals surface area contributed by atoms with Crippen LogP contribution >= 0.6 is 12.6 Å². The highest BCUT2D eigenvalue weighted by Gasteiger charge is 1.98. The molecular weight excluding hydrogens is 222 g/mol. The van der Waals surface area contributed by atoms with Gasteiger partial charge in [-0.05, 0) is 11.1 Å².